The largest absolute Gasteiger partial charge is 0.466 e. The van der Waals surface area contributed by atoms with Crippen LogP contribution in [0.1, 0.15) is 226 Å². The number of unbranched alkanes of at least 4 members (excludes halogenated alkanes) is 24. The topological polar surface area (TPSA) is 175 Å². The molecule has 11 heteroatoms. The number of hydrogen-bond acceptors (Lipinski definition) is 10. The van der Waals surface area contributed by atoms with E-state index in [0.717, 1.165) is 77.0 Å². The molecule has 11 nitrogen and oxygen atoms in total. The molecule has 1 amide bonds. The van der Waals surface area contributed by atoms with Crippen molar-refractivity contribution in [3.63, 3.8) is 0 Å². The van der Waals surface area contributed by atoms with Gasteiger partial charge in [0, 0.05) is 12.8 Å². The molecule has 1 aliphatic rings. The zero-order chi connectivity index (χ0) is 49.6. The van der Waals surface area contributed by atoms with Gasteiger partial charge < -0.3 is 45.1 Å². The first kappa shape index (κ1) is 63.4. The molecule has 1 saturated heterocycles. The molecular formula is C57H101NO10. The zero-order valence-electron chi connectivity index (χ0n) is 43.0. The normalized spacial score (nSPS) is 19.9. The van der Waals surface area contributed by atoms with Gasteiger partial charge in [0.2, 0.25) is 5.91 Å². The van der Waals surface area contributed by atoms with Gasteiger partial charge in [0.1, 0.15) is 24.4 Å². The molecule has 1 aliphatic heterocycles. The van der Waals surface area contributed by atoms with Gasteiger partial charge in [-0.2, -0.15) is 0 Å². The fourth-order valence-corrected chi connectivity index (χ4v) is 8.23. The highest BCUT2D eigenvalue weighted by Crippen LogP contribution is 2.23. The fourth-order valence-electron chi connectivity index (χ4n) is 8.23. The Morgan fingerprint density at radius 2 is 1.06 bits per heavy atom. The maximum absolute atomic E-state index is 12.9. The van der Waals surface area contributed by atoms with Gasteiger partial charge in [0.05, 0.1) is 32.0 Å². The number of aliphatic hydroxyl groups is 5. The first-order chi connectivity index (χ1) is 33.2. The SMILES string of the molecule is CC/C=C/CC/C=C/CC/C=C/C(O)C(COC1OC(CO)C(O)C(O)C1O)NC(=O)CC/C=C\C/C=C\CCCCCCCCOC(=O)CCCCCCCCCCCCCCCCCCC. The number of nitrogens with one attached hydrogen (secondary N) is 1. The van der Waals surface area contributed by atoms with Crippen LogP contribution in [0.15, 0.2) is 60.8 Å². The first-order valence-corrected chi connectivity index (χ1v) is 27.6. The van der Waals surface area contributed by atoms with E-state index in [1.807, 2.05) is 18.2 Å². The van der Waals surface area contributed by atoms with Crippen LogP contribution in [-0.2, 0) is 23.8 Å². The van der Waals surface area contributed by atoms with E-state index in [4.69, 9.17) is 14.2 Å². The Kier molecular flexibility index (Phi) is 43.5. The Bertz CT molecular complexity index is 1310. The number of hydrogen-bond donors (Lipinski definition) is 6. The van der Waals surface area contributed by atoms with Crippen LogP contribution in [-0.4, -0.2) is 100 Å². The average molecular weight is 960 g/mol. The Labute approximate surface area is 414 Å². The van der Waals surface area contributed by atoms with Crippen LogP contribution in [0.25, 0.3) is 0 Å². The van der Waals surface area contributed by atoms with Crippen molar-refractivity contribution in [3.8, 4) is 0 Å². The molecule has 1 fully saturated rings. The van der Waals surface area contributed by atoms with Crippen molar-refractivity contribution in [1.82, 2.24) is 5.32 Å². The van der Waals surface area contributed by atoms with Crippen molar-refractivity contribution >= 4 is 11.9 Å². The van der Waals surface area contributed by atoms with E-state index in [1.54, 1.807) is 6.08 Å². The molecule has 1 rings (SSSR count). The summed E-state index contributed by atoms with van der Waals surface area (Å²) >= 11 is 0. The lowest BCUT2D eigenvalue weighted by molar-refractivity contribution is -0.302. The van der Waals surface area contributed by atoms with Crippen molar-refractivity contribution in [1.29, 1.82) is 0 Å². The summed E-state index contributed by atoms with van der Waals surface area (Å²) in [7, 11) is 0. The summed E-state index contributed by atoms with van der Waals surface area (Å²) in [5.41, 5.74) is 0. The lowest BCUT2D eigenvalue weighted by Gasteiger charge is -2.40. The van der Waals surface area contributed by atoms with E-state index in [2.05, 4.69) is 55.6 Å². The molecular weight excluding hydrogens is 859 g/mol. The van der Waals surface area contributed by atoms with Crippen LogP contribution in [0, 0.1) is 0 Å². The fraction of sp³-hybridized carbons (Fsp3) is 0.789. The van der Waals surface area contributed by atoms with Gasteiger partial charge in [-0.15, -0.1) is 0 Å². The molecule has 1 heterocycles. The van der Waals surface area contributed by atoms with E-state index in [1.165, 1.54) is 109 Å². The highest BCUT2D eigenvalue weighted by atomic mass is 16.7. The van der Waals surface area contributed by atoms with Crippen LogP contribution in [0.3, 0.4) is 0 Å². The van der Waals surface area contributed by atoms with Crippen LogP contribution >= 0.6 is 0 Å². The van der Waals surface area contributed by atoms with Gasteiger partial charge in [-0.1, -0.05) is 203 Å². The molecule has 0 aliphatic carbocycles. The van der Waals surface area contributed by atoms with E-state index in [0.29, 0.717) is 25.9 Å². The second kappa shape index (κ2) is 46.7. The highest BCUT2D eigenvalue weighted by Gasteiger charge is 2.44. The number of rotatable bonds is 46. The third-order valence-electron chi connectivity index (χ3n) is 12.6. The Balaban J connectivity index is 2.15. The molecule has 7 unspecified atom stereocenters. The molecule has 6 N–H and O–H groups in total. The highest BCUT2D eigenvalue weighted by molar-refractivity contribution is 5.76. The Morgan fingerprint density at radius 1 is 0.559 bits per heavy atom. The number of carbonyl (C=O) groups excluding carboxylic acids is 2. The number of carbonyl (C=O) groups is 2. The van der Waals surface area contributed by atoms with Gasteiger partial charge in [0.25, 0.3) is 0 Å². The molecule has 7 atom stereocenters. The third kappa shape index (κ3) is 36.3. The lowest BCUT2D eigenvalue weighted by Crippen LogP contribution is -2.60. The molecule has 0 radical (unpaired) electrons. The van der Waals surface area contributed by atoms with Crippen molar-refractivity contribution in [2.75, 3.05) is 19.8 Å². The van der Waals surface area contributed by atoms with E-state index in [-0.39, 0.29) is 24.9 Å². The summed E-state index contributed by atoms with van der Waals surface area (Å²) in [5, 5.41) is 54.0. The van der Waals surface area contributed by atoms with Gasteiger partial charge in [-0.3, -0.25) is 9.59 Å². The van der Waals surface area contributed by atoms with Crippen LogP contribution in [0.4, 0.5) is 0 Å². The van der Waals surface area contributed by atoms with Crippen molar-refractivity contribution in [2.24, 2.45) is 0 Å². The van der Waals surface area contributed by atoms with Crippen molar-refractivity contribution < 1.29 is 49.3 Å². The maximum atomic E-state index is 12.9. The molecule has 0 aromatic heterocycles. The van der Waals surface area contributed by atoms with Crippen molar-refractivity contribution in [2.45, 2.75) is 269 Å². The smallest absolute Gasteiger partial charge is 0.305 e. The predicted molar refractivity (Wildman–Crippen MR) is 278 cm³/mol. The predicted octanol–water partition coefficient (Wildman–Crippen LogP) is 11.9. The Morgan fingerprint density at radius 3 is 1.63 bits per heavy atom. The summed E-state index contributed by atoms with van der Waals surface area (Å²) in [4.78, 5) is 25.0. The number of aliphatic hydroxyl groups excluding tert-OH is 5. The maximum Gasteiger partial charge on any atom is 0.305 e. The van der Waals surface area contributed by atoms with Gasteiger partial charge >= 0.3 is 5.97 Å². The second-order valence-corrected chi connectivity index (χ2v) is 18.9. The van der Waals surface area contributed by atoms with Crippen LogP contribution < -0.4 is 5.32 Å². The third-order valence-corrected chi connectivity index (χ3v) is 12.6. The van der Waals surface area contributed by atoms with E-state index in [9.17, 15) is 35.1 Å². The summed E-state index contributed by atoms with van der Waals surface area (Å²) in [5.74, 6) is -0.319. The standard InChI is InChI=1S/C57H101NO10/c1-3-5-7-9-11-13-15-16-17-18-19-22-25-29-33-37-41-45-53(62)66-46-42-38-34-30-26-23-20-21-24-28-32-36-40-44-52(61)58-49(48-67-57-56(65)55(64)54(63)51(47-59)68-57)50(60)43-39-35-31-27-14-12-10-8-6-4-2/h6,8,14,21,24,27,32,36,39,43,49-51,54-57,59-60,63-65H,3-5,7,9-13,15-20,22-23,25-26,28-31,33-35,37-38,40-42,44-48H2,1-2H3,(H,58,61)/b8-6+,24-21-,27-14+,36-32-,43-39+. The zero-order valence-corrected chi connectivity index (χ0v) is 43.0. The first-order valence-electron chi connectivity index (χ1n) is 27.6. The van der Waals surface area contributed by atoms with Crippen LogP contribution in [0.2, 0.25) is 0 Å². The number of allylic oxidation sites excluding steroid dienone is 9. The molecule has 0 bridgehead atoms. The molecule has 394 valence electrons. The van der Waals surface area contributed by atoms with Crippen LogP contribution in [0.5, 0.6) is 0 Å². The molecule has 68 heavy (non-hydrogen) atoms. The number of ether oxygens (including phenoxy) is 3. The number of esters is 1. The lowest BCUT2D eigenvalue weighted by atomic mass is 9.99. The van der Waals surface area contributed by atoms with E-state index >= 15 is 0 Å². The van der Waals surface area contributed by atoms with E-state index < -0.39 is 49.5 Å². The number of amides is 1. The molecule has 0 aromatic rings. The van der Waals surface area contributed by atoms with Crippen molar-refractivity contribution in [3.05, 3.63) is 60.8 Å². The monoisotopic (exact) mass is 960 g/mol. The minimum atomic E-state index is -1.60. The minimum absolute atomic E-state index is 0.0384. The molecule has 0 aromatic carbocycles. The summed E-state index contributed by atoms with van der Waals surface area (Å²) in [6, 6.07) is -0.878. The van der Waals surface area contributed by atoms with Gasteiger partial charge in [-0.05, 0) is 70.6 Å². The summed E-state index contributed by atoms with van der Waals surface area (Å²) < 4.78 is 16.6. The minimum Gasteiger partial charge on any atom is -0.466 e. The summed E-state index contributed by atoms with van der Waals surface area (Å²) in [6.45, 7) is 4.09. The average Bonchev–Trinajstić information content (AvgIpc) is 3.33. The quantitative estimate of drug-likeness (QED) is 0.0196. The Hall–Kier alpha value is -2.64. The van der Waals surface area contributed by atoms with Gasteiger partial charge in [0.15, 0.2) is 6.29 Å². The molecule has 0 spiro atoms. The summed E-state index contributed by atoms with van der Waals surface area (Å²) in [6.07, 6.45) is 49.1. The van der Waals surface area contributed by atoms with Gasteiger partial charge in [-0.25, -0.2) is 0 Å². The molecule has 0 saturated carbocycles. The second-order valence-electron chi connectivity index (χ2n) is 18.9.